The number of hydrogen-bond acceptors (Lipinski definition) is 6. The van der Waals surface area contributed by atoms with Gasteiger partial charge in [-0.15, -0.1) is 0 Å². The van der Waals surface area contributed by atoms with Crippen LogP contribution < -0.4 is 14.8 Å². The summed E-state index contributed by atoms with van der Waals surface area (Å²) in [7, 11) is -0.539. The molecule has 0 aliphatic heterocycles. The van der Waals surface area contributed by atoms with E-state index in [-0.39, 0.29) is 4.90 Å². The van der Waals surface area contributed by atoms with Gasteiger partial charge in [-0.25, -0.2) is 18.1 Å². The Bertz CT molecular complexity index is 1250. The zero-order valence-electron chi connectivity index (χ0n) is 14.6. The predicted molar refractivity (Wildman–Crippen MR) is 104 cm³/mol. The van der Waals surface area contributed by atoms with E-state index in [9.17, 15) is 8.42 Å². The van der Waals surface area contributed by atoms with Crippen LogP contribution in [0.4, 0.5) is 11.5 Å². The van der Waals surface area contributed by atoms with E-state index in [1.54, 1.807) is 31.5 Å². The summed E-state index contributed by atoms with van der Waals surface area (Å²) in [5.74, 6) is 1.29. The number of hydrogen-bond donors (Lipinski definition) is 3. The molecule has 4 rings (SSSR count). The number of aromatic nitrogens is 3. The number of anilines is 2. The van der Waals surface area contributed by atoms with E-state index in [0.29, 0.717) is 11.5 Å². The number of sulfonamides is 1. The molecule has 0 unspecified atom stereocenters. The Balaban J connectivity index is 1.83. The number of rotatable bonds is 5. The molecule has 0 radical (unpaired) electrons. The first-order valence-electron chi connectivity index (χ1n) is 8.13. The van der Waals surface area contributed by atoms with E-state index in [1.165, 1.54) is 13.1 Å². The largest absolute Gasteiger partial charge is 0.497 e. The number of ether oxygens (including phenoxy) is 1. The van der Waals surface area contributed by atoms with Crippen LogP contribution in [0.5, 0.6) is 5.75 Å². The van der Waals surface area contributed by atoms with Gasteiger partial charge in [-0.3, -0.25) is 5.10 Å². The highest BCUT2D eigenvalue weighted by Crippen LogP contribution is 2.31. The molecule has 0 amide bonds. The molecular weight excluding hydrogens is 366 g/mol. The first kappa shape index (κ1) is 17.3. The van der Waals surface area contributed by atoms with Crippen molar-refractivity contribution in [3.8, 4) is 5.75 Å². The molecule has 8 nitrogen and oxygen atoms in total. The summed E-state index contributed by atoms with van der Waals surface area (Å²) >= 11 is 0. The molecule has 138 valence electrons. The molecule has 0 saturated heterocycles. The van der Waals surface area contributed by atoms with Crippen molar-refractivity contribution in [3.05, 3.63) is 48.7 Å². The zero-order chi connectivity index (χ0) is 19.0. The molecule has 2 aromatic carbocycles. The summed E-state index contributed by atoms with van der Waals surface area (Å²) < 4.78 is 31.7. The first-order chi connectivity index (χ1) is 13.0. The number of benzene rings is 2. The van der Waals surface area contributed by atoms with Crippen LogP contribution in [-0.2, 0) is 10.0 Å². The van der Waals surface area contributed by atoms with Gasteiger partial charge >= 0.3 is 0 Å². The molecule has 0 fully saturated rings. The fraction of sp³-hybridized carbons (Fsp3) is 0.111. The van der Waals surface area contributed by atoms with Crippen molar-refractivity contribution < 1.29 is 13.2 Å². The van der Waals surface area contributed by atoms with E-state index in [1.807, 2.05) is 18.2 Å². The van der Waals surface area contributed by atoms with Gasteiger partial charge in [0.25, 0.3) is 0 Å². The highest BCUT2D eigenvalue weighted by molar-refractivity contribution is 7.89. The lowest BCUT2D eigenvalue weighted by Gasteiger charge is -2.11. The van der Waals surface area contributed by atoms with Crippen LogP contribution in [0.3, 0.4) is 0 Å². The minimum atomic E-state index is -3.53. The molecular formula is C18H17N5O3S. The monoisotopic (exact) mass is 383 g/mol. The van der Waals surface area contributed by atoms with Crippen LogP contribution in [-0.4, -0.2) is 37.8 Å². The Morgan fingerprint density at radius 2 is 1.96 bits per heavy atom. The second-order valence-corrected chi connectivity index (χ2v) is 7.75. The van der Waals surface area contributed by atoms with Crippen molar-refractivity contribution >= 4 is 43.3 Å². The maximum absolute atomic E-state index is 12.0. The summed E-state index contributed by atoms with van der Waals surface area (Å²) in [6.45, 7) is 0. The molecule has 0 aliphatic carbocycles. The minimum absolute atomic E-state index is 0.168. The molecule has 0 atom stereocenters. The lowest BCUT2D eigenvalue weighted by molar-refractivity contribution is 0.415. The quantitative estimate of drug-likeness (QED) is 0.489. The Labute approximate surface area is 155 Å². The second kappa shape index (κ2) is 6.53. The third-order valence-corrected chi connectivity index (χ3v) is 5.69. The molecule has 0 bridgehead atoms. The Morgan fingerprint density at radius 3 is 2.74 bits per heavy atom. The Kier molecular flexibility index (Phi) is 4.17. The first-order valence-corrected chi connectivity index (χ1v) is 9.61. The maximum atomic E-state index is 12.0. The van der Waals surface area contributed by atoms with Crippen molar-refractivity contribution in [3.63, 3.8) is 0 Å². The molecule has 0 saturated carbocycles. The van der Waals surface area contributed by atoms with Gasteiger partial charge < -0.3 is 10.1 Å². The maximum Gasteiger partial charge on any atom is 0.240 e. The molecule has 2 aromatic heterocycles. The summed E-state index contributed by atoms with van der Waals surface area (Å²) in [5, 5.41) is 12.1. The number of aromatic amines is 1. The number of pyridine rings is 1. The van der Waals surface area contributed by atoms with Gasteiger partial charge in [0.15, 0.2) is 5.82 Å². The number of methoxy groups -OCH3 is 1. The van der Waals surface area contributed by atoms with Gasteiger partial charge in [-0.2, -0.15) is 5.10 Å². The molecule has 2 heterocycles. The van der Waals surface area contributed by atoms with Crippen molar-refractivity contribution in [2.45, 2.75) is 4.90 Å². The topological polar surface area (TPSA) is 109 Å². The molecule has 0 aliphatic rings. The van der Waals surface area contributed by atoms with Crippen LogP contribution in [0.15, 0.2) is 53.6 Å². The van der Waals surface area contributed by atoms with E-state index < -0.39 is 10.0 Å². The van der Waals surface area contributed by atoms with Gasteiger partial charge in [0.2, 0.25) is 10.0 Å². The summed E-state index contributed by atoms with van der Waals surface area (Å²) in [4.78, 5) is 4.82. The second-order valence-electron chi connectivity index (χ2n) is 5.86. The van der Waals surface area contributed by atoms with E-state index in [2.05, 4.69) is 25.2 Å². The number of H-pyrrole nitrogens is 1. The highest BCUT2D eigenvalue weighted by Gasteiger charge is 2.14. The third-order valence-electron chi connectivity index (χ3n) is 4.28. The minimum Gasteiger partial charge on any atom is -0.497 e. The van der Waals surface area contributed by atoms with Gasteiger partial charge in [-0.1, -0.05) is 6.07 Å². The van der Waals surface area contributed by atoms with Crippen molar-refractivity contribution in [1.82, 2.24) is 19.9 Å². The summed E-state index contributed by atoms with van der Waals surface area (Å²) in [6.07, 6.45) is 1.73. The predicted octanol–water partition coefficient (Wildman–Crippen LogP) is 2.77. The highest BCUT2D eigenvalue weighted by atomic mass is 32.2. The van der Waals surface area contributed by atoms with Crippen LogP contribution >= 0.6 is 0 Å². The summed E-state index contributed by atoms with van der Waals surface area (Å²) in [6, 6.07) is 12.1. The SMILES string of the molecule is CNS(=O)(=O)c1cccc(Nc2nc3ccc(OC)cc3c3cn[nH]c23)c1. The van der Waals surface area contributed by atoms with E-state index in [4.69, 9.17) is 4.74 Å². The molecule has 27 heavy (non-hydrogen) atoms. The third kappa shape index (κ3) is 3.07. The molecule has 0 spiro atoms. The Hall–Kier alpha value is -3.17. The van der Waals surface area contributed by atoms with Gasteiger partial charge in [0, 0.05) is 16.5 Å². The fourth-order valence-corrected chi connectivity index (χ4v) is 3.66. The van der Waals surface area contributed by atoms with Crippen LogP contribution in [0, 0.1) is 0 Å². The fourth-order valence-electron chi connectivity index (χ4n) is 2.89. The van der Waals surface area contributed by atoms with Crippen LogP contribution in [0.25, 0.3) is 21.8 Å². The van der Waals surface area contributed by atoms with Gasteiger partial charge in [0.05, 0.1) is 23.7 Å². The lowest BCUT2D eigenvalue weighted by atomic mass is 10.1. The van der Waals surface area contributed by atoms with Crippen LogP contribution in [0.1, 0.15) is 0 Å². The zero-order valence-corrected chi connectivity index (χ0v) is 15.5. The number of fused-ring (bicyclic) bond motifs is 3. The van der Waals surface area contributed by atoms with Gasteiger partial charge in [0.1, 0.15) is 11.3 Å². The van der Waals surface area contributed by atoms with Gasteiger partial charge in [-0.05, 0) is 43.4 Å². The van der Waals surface area contributed by atoms with Crippen molar-refractivity contribution in [2.75, 3.05) is 19.5 Å². The standard InChI is InChI=1S/C18H17N5O3S/c1-19-27(24,25)13-5-3-4-11(8-13)21-18-17-15(10-20-23-17)14-9-12(26-2)6-7-16(14)22-18/h3-10,19H,1-2H3,(H,20,23)(H,21,22). The number of nitrogens with zero attached hydrogens (tertiary/aromatic N) is 2. The molecule has 4 aromatic rings. The molecule has 9 heteroatoms. The van der Waals surface area contributed by atoms with Crippen molar-refractivity contribution in [2.24, 2.45) is 0 Å². The summed E-state index contributed by atoms with van der Waals surface area (Å²) in [5.41, 5.74) is 2.09. The van der Waals surface area contributed by atoms with Crippen LogP contribution in [0.2, 0.25) is 0 Å². The number of nitrogens with one attached hydrogen (secondary N) is 3. The smallest absolute Gasteiger partial charge is 0.240 e. The van der Waals surface area contributed by atoms with E-state index >= 15 is 0 Å². The van der Waals surface area contributed by atoms with E-state index in [0.717, 1.165) is 27.6 Å². The average Bonchev–Trinajstić information content (AvgIpc) is 3.18. The lowest BCUT2D eigenvalue weighted by Crippen LogP contribution is -2.18. The molecule has 3 N–H and O–H groups in total. The Morgan fingerprint density at radius 1 is 1.11 bits per heavy atom. The average molecular weight is 383 g/mol. The van der Waals surface area contributed by atoms with Crippen molar-refractivity contribution in [1.29, 1.82) is 0 Å². The normalized spacial score (nSPS) is 11.8.